The van der Waals surface area contributed by atoms with Crippen molar-refractivity contribution in [2.75, 3.05) is 0 Å². The van der Waals surface area contributed by atoms with E-state index in [0.29, 0.717) is 23.6 Å². The van der Waals surface area contributed by atoms with Gasteiger partial charge in [-0.05, 0) is 41.8 Å². The van der Waals surface area contributed by atoms with Crippen LogP contribution in [0.3, 0.4) is 0 Å². The zero-order valence-corrected chi connectivity index (χ0v) is 12.5. The summed E-state index contributed by atoms with van der Waals surface area (Å²) in [6, 6.07) is 15.6. The molecule has 0 heterocycles. The molecule has 1 atom stereocenters. The van der Waals surface area contributed by atoms with Crippen molar-refractivity contribution in [1.29, 1.82) is 5.26 Å². The lowest BCUT2D eigenvalue weighted by atomic mass is 10.1. The molecule has 22 heavy (non-hydrogen) atoms. The van der Waals surface area contributed by atoms with Gasteiger partial charge in [-0.2, -0.15) is 5.26 Å². The summed E-state index contributed by atoms with van der Waals surface area (Å²) in [6.07, 6.45) is 0.341. The zero-order valence-electron chi connectivity index (χ0n) is 11.8. The Morgan fingerprint density at radius 3 is 2.64 bits per heavy atom. The molecule has 0 radical (unpaired) electrons. The maximum Gasteiger partial charge on any atom is 0.321 e. The van der Waals surface area contributed by atoms with Crippen molar-refractivity contribution in [3.05, 3.63) is 70.2 Å². The Balaban J connectivity index is 2.03. The van der Waals surface area contributed by atoms with Crippen molar-refractivity contribution in [2.45, 2.75) is 19.0 Å². The number of benzene rings is 2. The number of nitriles is 1. The van der Waals surface area contributed by atoms with Crippen molar-refractivity contribution >= 4 is 17.6 Å². The van der Waals surface area contributed by atoms with Crippen LogP contribution in [0.5, 0.6) is 0 Å². The topological polar surface area (TPSA) is 73.1 Å². The van der Waals surface area contributed by atoms with E-state index in [4.69, 9.17) is 16.9 Å². The number of nitrogens with one attached hydrogen (secondary N) is 1. The smallest absolute Gasteiger partial charge is 0.321 e. The highest BCUT2D eigenvalue weighted by atomic mass is 35.5. The highest BCUT2D eigenvalue weighted by molar-refractivity contribution is 6.30. The third kappa shape index (κ3) is 4.59. The summed E-state index contributed by atoms with van der Waals surface area (Å²) in [4.78, 5) is 11.4. The fourth-order valence-corrected chi connectivity index (χ4v) is 2.35. The van der Waals surface area contributed by atoms with Gasteiger partial charge in [0.2, 0.25) is 0 Å². The maximum atomic E-state index is 11.4. The van der Waals surface area contributed by atoms with Crippen LogP contribution < -0.4 is 5.32 Å². The second kappa shape index (κ2) is 7.60. The monoisotopic (exact) mass is 314 g/mol. The average molecular weight is 315 g/mol. The quantitative estimate of drug-likeness (QED) is 0.859. The maximum absolute atomic E-state index is 11.4. The Kier molecular flexibility index (Phi) is 5.54. The van der Waals surface area contributed by atoms with E-state index in [9.17, 15) is 9.90 Å². The lowest BCUT2D eigenvalue weighted by molar-refractivity contribution is -0.139. The first kappa shape index (κ1) is 16.0. The lowest BCUT2D eigenvalue weighted by Gasteiger charge is -2.15. The Bertz CT molecular complexity index is 710. The zero-order chi connectivity index (χ0) is 15.9. The molecule has 2 N–H and O–H groups in total. The van der Waals surface area contributed by atoms with E-state index in [1.54, 1.807) is 36.4 Å². The Morgan fingerprint density at radius 1 is 1.23 bits per heavy atom. The minimum atomic E-state index is -0.920. The second-order valence-corrected chi connectivity index (χ2v) is 5.35. The number of halogens is 1. The van der Waals surface area contributed by atoms with Crippen LogP contribution in [0.4, 0.5) is 0 Å². The van der Waals surface area contributed by atoms with Crippen molar-refractivity contribution in [3.8, 4) is 6.07 Å². The van der Waals surface area contributed by atoms with Gasteiger partial charge in [-0.15, -0.1) is 0 Å². The summed E-state index contributed by atoms with van der Waals surface area (Å²) in [7, 11) is 0. The molecule has 1 unspecified atom stereocenters. The van der Waals surface area contributed by atoms with Crippen molar-refractivity contribution in [2.24, 2.45) is 0 Å². The van der Waals surface area contributed by atoms with Gasteiger partial charge < -0.3 is 10.4 Å². The van der Waals surface area contributed by atoms with Crippen molar-refractivity contribution in [3.63, 3.8) is 0 Å². The Morgan fingerprint density at radius 2 is 1.95 bits per heavy atom. The molecule has 0 saturated carbocycles. The highest BCUT2D eigenvalue weighted by Crippen LogP contribution is 2.13. The molecule has 0 aliphatic carbocycles. The van der Waals surface area contributed by atoms with Gasteiger partial charge >= 0.3 is 5.97 Å². The van der Waals surface area contributed by atoms with Crippen molar-refractivity contribution in [1.82, 2.24) is 5.32 Å². The van der Waals surface area contributed by atoms with Gasteiger partial charge in [-0.3, -0.25) is 4.79 Å². The summed E-state index contributed by atoms with van der Waals surface area (Å²) in [5.41, 5.74) is 2.29. The van der Waals surface area contributed by atoms with E-state index in [1.807, 2.05) is 12.1 Å². The largest absolute Gasteiger partial charge is 0.480 e. The van der Waals surface area contributed by atoms with E-state index in [-0.39, 0.29) is 0 Å². The first-order chi connectivity index (χ1) is 10.6. The minimum Gasteiger partial charge on any atom is -0.480 e. The van der Waals surface area contributed by atoms with Crippen molar-refractivity contribution < 1.29 is 9.90 Å². The van der Waals surface area contributed by atoms with Gasteiger partial charge in [-0.25, -0.2) is 0 Å². The molecule has 2 aromatic rings. The second-order valence-electron chi connectivity index (χ2n) is 4.92. The van der Waals surface area contributed by atoms with Gasteiger partial charge in [0.05, 0.1) is 11.6 Å². The van der Waals surface area contributed by atoms with E-state index < -0.39 is 12.0 Å². The lowest BCUT2D eigenvalue weighted by Crippen LogP contribution is -2.38. The van der Waals surface area contributed by atoms with Crippen LogP contribution in [0.2, 0.25) is 5.02 Å². The number of carboxylic acid groups (broad SMARTS) is 1. The number of carboxylic acids is 1. The first-order valence-electron chi connectivity index (χ1n) is 6.78. The predicted octanol–water partition coefficient (Wildman–Crippen LogP) is 3.00. The third-order valence-electron chi connectivity index (χ3n) is 3.24. The van der Waals surface area contributed by atoms with Gasteiger partial charge in [0.1, 0.15) is 6.04 Å². The molecule has 0 aliphatic rings. The van der Waals surface area contributed by atoms with Crippen LogP contribution in [0.25, 0.3) is 0 Å². The number of carbonyl (C=O) groups is 1. The average Bonchev–Trinajstić information content (AvgIpc) is 2.51. The van der Waals surface area contributed by atoms with Crippen LogP contribution in [0, 0.1) is 11.3 Å². The van der Waals surface area contributed by atoms with E-state index in [1.165, 1.54) is 0 Å². The first-order valence-corrected chi connectivity index (χ1v) is 7.16. The fraction of sp³-hybridized carbons (Fsp3) is 0.176. The molecule has 0 aliphatic heterocycles. The number of nitrogens with zero attached hydrogens (tertiary/aromatic N) is 1. The third-order valence-corrected chi connectivity index (χ3v) is 3.47. The molecule has 112 valence electrons. The van der Waals surface area contributed by atoms with Crippen LogP contribution in [0.15, 0.2) is 48.5 Å². The molecule has 0 bridgehead atoms. The molecular weight excluding hydrogens is 300 g/mol. The minimum absolute atomic E-state index is 0.341. The molecule has 2 aromatic carbocycles. The molecule has 5 heteroatoms. The number of hydrogen-bond acceptors (Lipinski definition) is 3. The van der Waals surface area contributed by atoms with E-state index in [0.717, 1.165) is 11.1 Å². The van der Waals surface area contributed by atoms with Crippen LogP contribution in [-0.2, 0) is 17.8 Å². The van der Waals surface area contributed by atoms with Gasteiger partial charge in [0, 0.05) is 11.6 Å². The fourth-order valence-electron chi connectivity index (χ4n) is 2.14. The van der Waals surface area contributed by atoms with Crippen LogP contribution >= 0.6 is 11.6 Å². The van der Waals surface area contributed by atoms with Crippen LogP contribution in [0.1, 0.15) is 16.7 Å². The van der Waals surface area contributed by atoms with E-state index >= 15 is 0 Å². The Labute approximate surface area is 134 Å². The molecule has 0 aromatic heterocycles. The highest BCUT2D eigenvalue weighted by Gasteiger charge is 2.17. The molecule has 0 saturated heterocycles. The molecule has 4 nitrogen and oxygen atoms in total. The summed E-state index contributed by atoms with van der Waals surface area (Å²) >= 11 is 5.92. The van der Waals surface area contributed by atoms with Crippen LogP contribution in [-0.4, -0.2) is 17.1 Å². The van der Waals surface area contributed by atoms with E-state index in [2.05, 4.69) is 11.4 Å². The summed E-state index contributed by atoms with van der Waals surface area (Å²) < 4.78 is 0. The number of hydrogen-bond donors (Lipinski definition) is 2. The molecule has 0 fully saturated rings. The van der Waals surface area contributed by atoms with Gasteiger partial charge in [0.15, 0.2) is 0 Å². The van der Waals surface area contributed by atoms with Gasteiger partial charge in [-0.1, -0.05) is 35.9 Å². The van der Waals surface area contributed by atoms with Gasteiger partial charge in [0.25, 0.3) is 0 Å². The SMILES string of the molecule is N#Cc1cccc(CNC(Cc2cccc(Cl)c2)C(=O)O)c1. The Hall–Kier alpha value is -2.35. The molecule has 0 spiro atoms. The molecule has 2 rings (SSSR count). The number of rotatable bonds is 6. The summed E-state index contributed by atoms with van der Waals surface area (Å²) in [6.45, 7) is 0.382. The predicted molar refractivity (Wildman–Crippen MR) is 84.6 cm³/mol. The normalized spacial score (nSPS) is 11.6. The standard InChI is InChI=1S/C17H15ClN2O2/c18-15-6-2-3-12(8-15)9-16(17(21)22)20-11-14-5-1-4-13(7-14)10-19/h1-8,16,20H,9,11H2,(H,21,22). The summed E-state index contributed by atoms with van der Waals surface area (Å²) in [5, 5.41) is 21.8. The molecular formula is C17H15ClN2O2. The summed E-state index contributed by atoms with van der Waals surface area (Å²) in [5.74, 6) is -0.920. The number of aliphatic carboxylic acids is 1. The molecule has 0 amide bonds.